The van der Waals surface area contributed by atoms with E-state index in [1.807, 2.05) is 20.8 Å². The molecule has 0 amide bonds. The molecule has 24 heavy (non-hydrogen) atoms. The molecule has 4 nitrogen and oxygen atoms in total. The first kappa shape index (κ1) is 19.9. The summed E-state index contributed by atoms with van der Waals surface area (Å²) in [6, 6.07) is 0. The molecule has 0 aromatic rings. The molecule has 0 radical (unpaired) electrons. The van der Waals surface area contributed by atoms with Gasteiger partial charge in [0.2, 0.25) is 0 Å². The van der Waals surface area contributed by atoms with Crippen LogP contribution in [0.25, 0.3) is 0 Å². The highest BCUT2D eigenvalue weighted by atomic mass is 16.4. The maximum absolute atomic E-state index is 12.4. The van der Waals surface area contributed by atoms with Crippen molar-refractivity contribution in [2.24, 2.45) is 5.41 Å². The number of carbonyl (C=O) groups is 2. The van der Waals surface area contributed by atoms with Crippen molar-refractivity contribution in [3.8, 4) is 11.8 Å². The Kier molecular flexibility index (Phi) is 6.34. The number of aliphatic carboxylic acids is 1. The average Bonchev–Trinajstić information content (AvgIpc) is 2.46. The van der Waals surface area contributed by atoms with Gasteiger partial charge in [-0.25, -0.2) is 4.79 Å². The fourth-order valence-electron chi connectivity index (χ4n) is 2.94. The summed E-state index contributed by atoms with van der Waals surface area (Å²) in [7, 11) is 0. The Morgan fingerprint density at radius 1 is 1.33 bits per heavy atom. The van der Waals surface area contributed by atoms with Crippen molar-refractivity contribution in [2.75, 3.05) is 0 Å². The molecule has 1 aliphatic rings. The Bertz CT molecular complexity index is 680. The second-order valence-corrected chi connectivity index (χ2v) is 6.80. The minimum Gasteiger partial charge on any atom is -0.478 e. The van der Waals surface area contributed by atoms with Gasteiger partial charge in [0, 0.05) is 36.3 Å². The Balaban J connectivity index is 3.35. The molecule has 130 valence electrons. The molecule has 0 saturated heterocycles. The summed E-state index contributed by atoms with van der Waals surface area (Å²) in [6.07, 6.45) is 5.52. The quantitative estimate of drug-likeness (QED) is 0.470. The average molecular weight is 330 g/mol. The lowest BCUT2D eigenvalue weighted by Gasteiger charge is -2.45. The van der Waals surface area contributed by atoms with Gasteiger partial charge in [0.15, 0.2) is 5.78 Å². The zero-order chi connectivity index (χ0) is 18.5. The summed E-state index contributed by atoms with van der Waals surface area (Å²) in [6.45, 7) is 9.02. The van der Waals surface area contributed by atoms with Gasteiger partial charge in [-0.1, -0.05) is 32.8 Å². The number of hydrogen-bond acceptors (Lipinski definition) is 3. The fourth-order valence-corrected chi connectivity index (χ4v) is 2.94. The van der Waals surface area contributed by atoms with Crippen LogP contribution in [0.5, 0.6) is 0 Å². The number of carboxylic acid groups (broad SMARTS) is 1. The van der Waals surface area contributed by atoms with Crippen molar-refractivity contribution in [2.45, 2.75) is 59.5 Å². The molecular formula is C20H26O4. The van der Waals surface area contributed by atoms with Gasteiger partial charge in [0.25, 0.3) is 0 Å². The maximum atomic E-state index is 12.4. The van der Waals surface area contributed by atoms with Crippen LogP contribution in [0.1, 0.15) is 53.9 Å². The van der Waals surface area contributed by atoms with Crippen LogP contribution in [0.3, 0.4) is 0 Å². The van der Waals surface area contributed by atoms with Crippen LogP contribution >= 0.6 is 0 Å². The topological polar surface area (TPSA) is 74.6 Å². The van der Waals surface area contributed by atoms with E-state index in [1.165, 1.54) is 0 Å². The lowest BCUT2D eigenvalue weighted by atomic mass is 9.62. The summed E-state index contributed by atoms with van der Waals surface area (Å²) < 4.78 is 0. The largest absolute Gasteiger partial charge is 0.478 e. The number of carbonyl (C=O) groups excluding carboxylic acids is 1. The van der Waals surface area contributed by atoms with E-state index in [0.717, 1.165) is 12.5 Å². The van der Waals surface area contributed by atoms with Crippen molar-refractivity contribution in [1.29, 1.82) is 0 Å². The maximum Gasteiger partial charge on any atom is 0.328 e. The third kappa shape index (κ3) is 4.24. The normalized spacial score (nSPS) is 24.1. The van der Waals surface area contributed by atoms with Gasteiger partial charge in [-0.15, -0.1) is 5.92 Å². The minimum atomic E-state index is -1.32. The van der Waals surface area contributed by atoms with Crippen LogP contribution in [0.2, 0.25) is 0 Å². The molecule has 1 atom stereocenters. The first-order valence-electron chi connectivity index (χ1n) is 8.07. The molecule has 0 spiro atoms. The summed E-state index contributed by atoms with van der Waals surface area (Å²) in [5, 5.41) is 20.1. The van der Waals surface area contributed by atoms with E-state index < -0.39 is 17.0 Å². The highest BCUT2D eigenvalue weighted by Gasteiger charge is 2.49. The van der Waals surface area contributed by atoms with E-state index in [9.17, 15) is 14.7 Å². The number of aliphatic hydroxyl groups is 1. The molecule has 0 aromatic heterocycles. The van der Waals surface area contributed by atoms with E-state index in [4.69, 9.17) is 5.11 Å². The second-order valence-electron chi connectivity index (χ2n) is 6.80. The van der Waals surface area contributed by atoms with E-state index in [2.05, 4.69) is 11.8 Å². The molecule has 0 heterocycles. The lowest BCUT2D eigenvalue weighted by Crippen LogP contribution is -2.49. The smallest absolute Gasteiger partial charge is 0.328 e. The fraction of sp³-hybridized carbons (Fsp3) is 0.500. The summed E-state index contributed by atoms with van der Waals surface area (Å²) in [5.41, 5.74) is -0.340. The predicted molar refractivity (Wildman–Crippen MR) is 94.3 cm³/mol. The lowest BCUT2D eigenvalue weighted by molar-refractivity contribution is -0.131. The predicted octanol–water partition coefficient (Wildman–Crippen LogP) is 3.42. The van der Waals surface area contributed by atoms with Crippen LogP contribution in [0.4, 0.5) is 0 Å². The number of ketones is 1. The molecular weight excluding hydrogens is 304 g/mol. The molecule has 0 saturated carbocycles. The monoisotopic (exact) mass is 330 g/mol. The minimum absolute atomic E-state index is 0.0128. The summed E-state index contributed by atoms with van der Waals surface area (Å²) in [5.74, 6) is 4.89. The standard InChI is InChI=1S/C20H26O4/c1-6-7-8-9-16-15(3)20(24,19(4,5)13-17(16)21)11-10-14(2)12-18(22)23/h10-12,24H,6,9,13H2,1-5H3,(H,22,23)/t20-/m1/s1. The van der Waals surface area contributed by atoms with E-state index in [1.54, 1.807) is 26.0 Å². The highest BCUT2D eigenvalue weighted by molar-refractivity contribution is 5.98. The number of rotatable bonds is 4. The van der Waals surface area contributed by atoms with Gasteiger partial charge in [-0.2, -0.15) is 0 Å². The van der Waals surface area contributed by atoms with Crippen LogP contribution in [-0.2, 0) is 9.59 Å². The third-order valence-electron chi connectivity index (χ3n) is 4.50. The Labute approximate surface area is 144 Å². The molecule has 1 aliphatic carbocycles. The van der Waals surface area contributed by atoms with Crippen molar-refractivity contribution >= 4 is 11.8 Å². The summed E-state index contributed by atoms with van der Waals surface area (Å²) in [4.78, 5) is 23.2. The Morgan fingerprint density at radius 2 is 1.96 bits per heavy atom. The van der Waals surface area contributed by atoms with Crippen LogP contribution < -0.4 is 0 Å². The SMILES string of the molecule is CCC#CCC1=C(C)[C@](O)(C=CC(C)=CC(=O)O)C(C)(C)CC1=O. The zero-order valence-electron chi connectivity index (χ0n) is 15.1. The highest BCUT2D eigenvalue weighted by Crippen LogP contribution is 2.47. The Morgan fingerprint density at radius 3 is 2.50 bits per heavy atom. The van der Waals surface area contributed by atoms with Crippen LogP contribution in [0.15, 0.2) is 34.9 Å². The van der Waals surface area contributed by atoms with E-state index in [-0.39, 0.29) is 12.2 Å². The molecule has 4 heteroatoms. The molecule has 2 N–H and O–H groups in total. The second kappa shape index (κ2) is 7.63. The van der Waals surface area contributed by atoms with Crippen molar-refractivity contribution < 1.29 is 19.8 Å². The number of Topliss-reactive ketones (excluding diaryl/α,β-unsaturated/α-hetero) is 1. The molecule has 0 fully saturated rings. The Hall–Kier alpha value is -2.12. The van der Waals surface area contributed by atoms with E-state index in [0.29, 0.717) is 23.1 Å². The zero-order valence-corrected chi connectivity index (χ0v) is 15.1. The number of hydrogen-bond donors (Lipinski definition) is 2. The van der Waals surface area contributed by atoms with Crippen molar-refractivity contribution in [3.63, 3.8) is 0 Å². The molecule has 1 rings (SSSR count). The van der Waals surface area contributed by atoms with Gasteiger partial charge in [-0.05, 0) is 31.1 Å². The summed E-state index contributed by atoms with van der Waals surface area (Å²) >= 11 is 0. The van der Waals surface area contributed by atoms with Gasteiger partial charge < -0.3 is 10.2 Å². The van der Waals surface area contributed by atoms with Gasteiger partial charge in [-0.3, -0.25) is 4.79 Å². The van der Waals surface area contributed by atoms with Gasteiger partial charge in [0.1, 0.15) is 5.60 Å². The number of carboxylic acids is 1. The first-order chi connectivity index (χ1) is 11.0. The molecule has 0 bridgehead atoms. The van der Waals surface area contributed by atoms with Crippen LogP contribution in [0, 0.1) is 17.3 Å². The number of allylic oxidation sites excluding steroid dienone is 3. The van der Waals surface area contributed by atoms with Gasteiger partial charge >= 0.3 is 5.97 Å². The van der Waals surface area contributed by atoms with Crippen molar-refractivity contribution in [1.82, 2.24) is 0 Å². The van der Waals surface area contributed by atoms with Gasteiger partial charge in [0.05, 0.1) is 0 Å². The first-order valence-corrected chi connectivity index (χ1v) is 8.07. The molecule has 0 unspecified atom stereocenters. The third-order valence-corrected chi connectivity index (χ3v) is 4.50. The van der Waals surface area contributed by atoms with Crippen LogP contribution in [-0.4, -0.2) is 27.6 Å². The van der Waals surface area contributed by atoms with E-state index >= 15 is 0 Å². The molecule has 0 aliphatic heterocycles. The van der Waals surface area contributed by atoms with Crippen molar-refractivity contribution in [3.05, 3.63) is 34.9 Å². The molecule has 0 aromatic carbocycles.